The van der Waals surface area contributed by atoms with Crippen LogP contribution in [0.3, 0.4) is 0 Å². The zero-order chi connectivity index (χ0) is 12.1. The quantitative estimate of drug-likeness (QED) is 0.710. The van der Waals surface area contributed by atoms with Gasteiger partial charge in [-0.2, -0.15) is 0 Å². The molecule has 0 saturated heterocycles. The number of rotatable bonds is 4. The molecule has 0 aliphatic heterocycles. The second kappa shape index (κ2) is 5.95. The number of hydrogen-bond donors (Lipinski definition) is 2. The fraction of sp³-hybridized carbons (Fsp3) is 0.909. The molecular weight excluding hydrogens is 194 g/mol. The third-order valence-corrected chi connectivity index (χ3v) is 2.01. The van der Waals surface area contributed by atoms with E-state index in [0.29, 0.717) is 12.3 Å². The Balaban J connectivity index is 3.87. The number of amides is 1. The number of alkyl carbamates (subject to hydrolysis) is 1. The van der Waals surface area contributed by atoms with Gasteiger partial charge in [-0.15, -0.1) is 0 Å². The Hall–Kier alpha value is -0.770. The Morgan fingerprint density at radius 1 is 1.47 bits per heavy atom. The SMILES string of the molecule is CCC(C)CC(O)NC(=O)OC(C)(C)C. The third-order valence-electron chi connectivity index (χ3n) is 2.01. The molecule has 0 heterocycles. The number of nitrogens with one attached hydrogen (secondary N) is 1. The third kappa shape index (κ3) is 8.24. The van der Waals surface area contributed by atoms with Crippen LogP contribution in [0.5, 0.6) is 0 Å². The van der Waals surface area contributed by atoms with Crippen LogP contribution in [0.4, 0.5) is 4.79 Å². The zero-order valence-electron chi connectivity index (χ0n) is 10.3. The predicted molar refractivity (Wildman–Crippen MR) is 59.4 cm³/mol. The first-order valence-electron chi connectivity index (χ1n) is 5.42. The fourth-order valence-electron chi connectivity index (χ4n) is 1.05. The minimum Gasteiger partial charge on any atom is -0.444 e. The normalized spacial score (nSPS) is 15.6. The highest BCUT2D eigenvalue weighted by atomic mass is 16.6. The molecule has 0 fully saturated rings. The highest BCUT2D eigenvalue weighted by Gasteiger charge is 2.18. The van der Waals surface area contributed by atoms with Gasteiger partial charge in [-0.05, 0) is 33.1 Å². The van der Waals surface area contributed by atoms with Crippen molar-refractivity contribution in [2.75, 3.05) is 0 Å². The van der Waals surface area contributed by atoms with Crippen molar-refractivity contribution in [3.8, 4) is 0 Å². The summed E-state index contributed by atoms with van der Waals surface area (Å²) >= 11 is 0. The molecule has 0 spiro atoms. The predicted octanol–water partition coefficient (Wildman–Crippen LogP) is 2.27. The van der Waals surface area contributed by atoms with E-state index in [1.54, 1.807) is 20.8 Å². The van der Waals surface area contributed by atoms with Crippen molar-refractivity contribution >= 4 is 6.09 Å². The standard InChI is InChI=1S/C11H23NO3/c1-6-8(2)7-9(13)12-10(14)15-11(3,4)5/h8-9,13H,6-7H2,1-5H3,(H,12,14). The molecule has 0 radical (unpaired) electrons. The molecule has 15 heavy (non-hydrogen) atoms. The second-order valence-corrected chi connectivity index (χ2v) is 4.91. The minimum absolute atomic E-state index is 0.384. The highest BCUT2D eigenvalue weighted by Crippen LogP contribution is 2.10. The monoisotopic (exact) mass is 217 g/mol. The molecule has 4 heteroatoms. The van der Waals surface area contributed by atoms with Crippen LogP contribution in [0, 0.1) is 5.92 Å². The lowest BCUT2D eigenvalue weighted by Gasteiger charge is -2.22. The molecule has 2 atom stereocenters. The molecule has 2 N–H and O–H groups in total. The van der Waals surface area contributed by atoms with Crippen LogP contribution in [-0.2, 0) is 4.74 Å². The van der Waals surface area contributed by atoms with E-state index in [1.807, 2.05) is 13.8 Å². The number of hydrogen-bond acceptors (Lipinski definition) is 3. The number of carbonyl (C=O) groups excluding carboxylic acids is 1. The first kappa shape index (κ1) is 14.2. The van der Waals surface area contributed by atoms with Gasteiger partial charge in [0.25, 0.3) is 0 Å². The summed E-state index contributed by atoms with van der Waals surface area (Å²) in [5, 5.41) is 11.9. The summed E-state index contributed by atoms with van der Waals surface area (Å²) in [6.45, 7) is 9.43. The van der Waals surface area contributed by atoms with Crippen LogP contribution in [0.25, 0.3) is 0 Å². The van der Waals surface area contributed by atoms with Gasteiger partial charge in [0.15, 0.2) is 0 Å². The van der Waals surface area contributed by atoms with Gasteiger partial charge in [0.1, 0.15) is 11.8 Å². The van der Waals surface area contributed by atoms with E-state index in [1.165, 1.54) is 0 Å². The van der Waals surface area contributed by atoms with Crippen LogP contribution < -0.4 is 5.32 Å². The van der Waals surface area contributed by atoms with Crippen molar-refractivity contribution in [3.63, 3.8) is 0 Å². The van der Waals surface area contributed by atoms with E-state index in [4.69, 9.17) is 4.74 Å². The molecule has 0 bridgehead atoms. The van der Waals surface area contributed by atoms with E-state index in [-0.39, 0.29) is 0 Å². The Bertz CT molecular complexity index is 198. The van der Waals surface area contributed by atoms with E-state index < -0.39 is 17.9 Å². The molecule has 0 saturated carbocycles. The topological polar surface area (TPSA) is 58.6 Å². The lowest BCUT2D eigenvalue weighted by atomic mass is 10.0. The molecule has 0 aliphatic carbocycles. The average Bonchev–Trinajstić information content (AvgIpc) is 1.99. The first-order chi connectivity index (χ1) is 6.74. The number of ether oxygens (including phenoxy) is 1. The van der Waals surface area contributed by atoms with Crippen LogP contribution in [0.1, 0.15) is 47.5 Å². The average molecular weight is 217 g/mol. The van der Waals surface area contributed by atoms with E-state index >= 15 is 0 Å². The minimum atomic E-state index is -0.824. The van der Waals surface area contributed by atoms with Gasteiger partial charge < -0.3 is 9.84 Å². The lowest BCUT2D eigenvalue weighted by Crippen LogP contribution is -2.39. The van der Waals surface area contributed by atoms with Crippen LogP contribution in [0.15, 0.2) is 0 Å². The van der Waals surface area contributed by atoms with Gasteiger partial charge in [-0.25, -0.2) is 4.79 Å². The Morgan fingerprint density at radius 2 is 2.00 bits per heavy atom. The summed E-state index contributed by atoms with van der Waals surface area (Å²) in [6.07, 6.45) is 0.135. The first-order valence-corrected chi connectivity index (χ1v) is 5.42. The molecule has 2 unspecified atom stereocenters. The molecular formula is C11H23NO3. The molecule has 1 amide bonds. The van der Waals surface area contributed by atoms with Crippen LogP contribution >= 0.6 is 0 Å². The largest absolute Gasteiger partial charge is 0.444 e. The van der Waals surface area contributed by atoms with Gasteiger partial charge in [0, 0.05) is 0 Å². The van der Waals surface area contributed by atoms with Gasteiger partial charge in [-0.1, -0.05) is 20.3 Å². The van der Waals surface area contributed by atoms with Crippen molar-refractivity contribution in [1.82, 2.24) is 5.32 Å². The van der Waals surface area contributed by atoms with Crippen molar-refractivity contribution in [1.29, 1.82) is 0 Å². The maximum absolute atomic E-state index is 11.2. The lowest BCUT2D eigenvalue weighted by molar-refractivity contribution is 0.0318. The molecule has 4 nitrogen and oxygen atoms in total. The van der Waals surface area contributed by atoms with Gasteiger partial charge in [0.05, 0.1) is 0 Å². The van der Waals surface area contributed by atoms with Gasteiger partial charge >= 0.3 is 6.09 Å². The summed E-state index contributed by atoms with van der Waals surface area (Å²) in [5.74, 6) is 0.384. The summed E-state index contributed by atoms with van der Waals surface area (Å²) in [5.41, 5.74) is -0.528. The smallest absolute Gasteiger partial charge is 0.409 e. The van der Waals surface area contributed by atoms with Crippen LogP contribution in [-0.4, -0.2) is 23.0 Å². The Labute approximate surface area is 92.0 Å². The highest BCUT2D eigenvalue weighted by molar-refractivity contribution is 5.67. The molecule has 0 rings (SSSR count). The molecule has 0 aromatic rings. The van der Waals surface area contributed by atoms with E-state index in [9.17, 15) is 9.90 Å². The van der Waals surface area contributed by atoms with Gasteiger partial charge in [0.2, 0.25) is 0 Å². The van der Waals surface area contributed by atoms with Crippen molar-refractivity contribution in [2.45, 2.75) is 59.3 Å². The maximum Gasteiger partial charge on any atom is 0.409 e. The maximum atomic E-state index is 11.2. The van der Waals surface area contributed by atoms with E-state index in [2.05, 4.69) is 5.32 Å². The van der Waals surface area contributed by atoms with Gasteiger partial charge in [-0.3, -0.25) is 5.32 Å². The van der Waals surface area contributed by atoms with Crippen LogP contribution in [0.2, 0.25) is 0 Å². The second-order valence-electron chi connectivity index (χ2n) is 4.91. The van der Waals surface area contributed by atoms with Crippen molar-refractivity contribution in [2.24, 2.45) is 5.92 Å². The summed E-state index contributed by atoms with van der Waals surface area (Å²) in [6, 6.07) is 0. The summed E-state index contributed by atoms with van der Waals surface area (Å²) < 4.78 is 5.01. The molecule has 0 aromatic heterocycles. The summed E-state index contributed by atoms with van der Waals surface area (Å²) in [4.78, 5) is 11.2. The molecule has 0 aliphatic rings. The summed E-state index contributed by atoms with van der Waals surface area (Å²) in [7, 11) is 0. The van der Waals surface area contributed by atoms with Crippen molar-refractivity contribution in [3.05, 3.63) is 0 Å². The molecule has 90 valence electrons. The fourth-order valence-corrected chi connectivity index (χ4v) is 1.05. The van der Waals surface area contributed by atoms with Crippen molar-refractivity contribution < 1.29 is 14.6 Å². The molecule has 0 aromatic carbocycles. The Kier molecular flexibility index (Phi) is 5.65. The zero-order valence-corrected chi connectivity index (χ0v) is 10.3. The van der Waals surface area contributed by atoms with E-state index in [0.717, 1.165) is 6.42 Å². The number of carbonyl (C=O) groups is 1. The number of aliphatic hydroxyl groups is 1. The Morgan fingerprint density at radius 3 is 2.40 bits per heavy atom. The number of aliphatic hydroxyl groups excluding tert-OH is 1.